The molecule has 1 atom stereocenters. The highest BCUT2D eigenvalue weighted by molar-refractivity contribution is 5.90. The molecule has 3 aromatic rings. The fourth-order valence-corrected chi connectivity index (χ4v) is 2.62. The second-order valence-electron chi connectivity index (χ2n) is 6.13. The molecule has 136 valence electrons. The van der Waals surface area contributed by atoms with Crippen LogP contribution < -0.4 is 5.48 Å². The van der Waals surface area contributed by atoms with E-state index in [-0.39, 0.29) is 18.6 Å². The van der Waals surface area contributed by atoms with Gasteiger partial charge >= 0.3 is 0 Å². The molecule has 0 spiro atoms. The number of aromatic nitrogens is 4. The molecule has 9 nitrogen and oxygen atoms in total. The van der Waals surface area contributed by atoms with Crippen molar-refractivity contribution >= 4 is 23.1 Å². The lowest BCUT2D eigenvalue weighted by Gasteiger charge is -2.16. The minimum Gasteiger partial charge on any atom is -0.438 e. The lowest BCUT2D eigenvalue weighted by molar-refractivity contribution is -0.124. The normalized spacial score (nSPS) is 13.0. The summed E-state index contributed by atoms with van der Waals surface area (Å²) in [5.41, 5.74) is 4.02. The third-order valence-electron chi connectivity index (χ3n) is 3.86. The van der Waals surface area contributed by atoms with E-state index in [0.717, 1.165) is 11.6 Å². The Morgan fingerprint density at radius 1 is 1.42 bits per heavy atom. The van der Waals surface area contributed by atoms with Crippen molar-refractivity contribution in [3.05, 3.63) is 47.6 Å². The van der Waals surface area contributed by atoms with Crippen LogP contribution in [0.3, 0.4) is 0 Å². The van der Waals surface area contributed by atoms with Crippen LogP contribution in [0.1, 0.15) is 37.0 Å². The van der Waals surface area contributed by atoms with E-state index in [4.69, 9.17) is 9.62 Å². The monoisotopic (exact) mass is 357 g/mol. The Hall–Kier alpha value is -3.04. The third-order valence-corrected chi connectivity index (χ3v) is 3.86. The number of rotatable bonds is 6. The number of aliphatic hydroxyl groups excluding tert-OH is 1. The zero-order valence-corrected chi connectivity index (χ0v) is 14.3. The molecule has 0 radical (unpaired) electrons. The smallest absolute Gasteiger partial charge is 0.267 e. The van der Waals surface area contributed by atoms with Crippen molar-refractivity contribution in [2.75, 3.05) is 0 Å². The highest BCUT2D eigenvalue weighted by Gasteiger charge is 2.25. The number of fused-ring (bicyclic) bond motifs is 1. The average Bonchev–Trinajstić information content (AvgIpc) is 3.25. The first-order chi connectivity index (χ1) is 12.5. The Kier molecular flexibility index (Phi) is 5.10. The first-order valence-corrected chi connectivity index (χ1v) is 8.06. The van der Waals surface area contributed by atoms with Gasteiger partial charge in [0.15, 0.2) is 5.58 Å². The third kappa shape index (κ3) is 3.63. The minimum atomic E-state index is -0.654. The van der Waals surface area contributed by atoms with Gasteiger partial charge in [-0.25, -0.2) is 15.1 Å². The Labute approximate surface area is 148 Å². The maximum Gasteiger partial charge on any atom is 0.267 e. The Morgan fingerprint density at radius 2 is 2.23 bits per heavy atom. The molecular weight excluding hydrogens is 338 g/mol. The summed E-state index contributed by atoms with van der Waals surface area (Å²) in [6.45, 7) is 3.95. The number of carbonyl (C=O) groups is 1. The molecule has 2 heterocycles. The standard InChI is InChI=1S/C17H19N5O4/c1-10(2)16(22-8-12(19-21-22)4-6-15(24)20-25)17-18-13-7-11(9-23)3-5-14(13)26-17/h3-8,10,16,23,25H,9H2,1-2H3,(H,20,24). The maximum absolute atomic E-state index is 11.1. The molecule has 3 rings (SSSR count). The van der Waals surface area contributed by atoms with Crippen LogP contribution in [0.25, 0.3) is 17.2 Å². The van der Waals surface area contributed by atoms with Gasteiger partial charge in [-0.2, -0.15) is 0 Å². The van der Waals surface area contributed by atoms with Gasteiger partial charge in [-0.1, -0.05) is 25.1 Å². The van der Waals surface area contributed by atoms with Crippen LogP contribution in [0.2, 0.25) is 0 Å². The van der Waals surface area contributed by atoms with Crippen LogP contribution in [0.4, 0.5) is 0 Å². The van der Waals surface area contributed by atoms with E-state index in [2.05, 4.69) is 15.3 Å². The van der Waals surface area contributed by atoms with Gasteiger partial charge in [0.1, 0.15) is 17.3 Å². The van der Waals surface area contributed by atoms with Crippen LogP contribution >= 0.6 is 0 Å². The molecule has 2 aromatic heterocycles. The zero-order chi connectivity index (χ0) is 18.7. The molecule has 0 aliphatic carbocycles. The van der Waals surface area contributed by atoms with Crippen molar-refractivity contribution < 1.29 is 19.5 Å². The molecular formula is C17H19N5O4. The van der Waals surface area contributed by atoms with E-state index >= 15 is 0 Å². The van der Waals surface area contributed by atoms with Crippen LogP contribution in [-0.4, -0.2) is 36.2 Å². The first kappa shape index (κ1) is 17.8. The number of hydrogen-bond acceptors (Lipinski definition) is 7. The number of amides is 1. The molecule has 0 saturated heterocycles. The predicted octanol–water partition coefficient (Wildman–Crippen LogP) is 1.68. The zero-order valence-electron chi connectivity index (χ0n) is 14.3. The summed E-state index contributed by atoms with van der Waals surface area (Å²) in [6, 6.07) is 5.05. The van der Waals surface area contributed by atoms with E-state index in [0.29, 0.717) is 22.7 Å². The van der Waals surface area contributed by atoms with E-state index in [1.54, 1.807) is 29.1 Å². The highest BCUT2D eigenvalue weighted by atomic mass is 16.5. The van der Waals surface area contributed by atoms with Gasteiger partial charge in [-0.15, -0.1) is 5.10 Å². The van der Waals surface area contributed by atoms with Gasteiger partial charge in [0.25, 0.3) is 5.91 Å². The number of nitrogens with zero attached hydrogens (tertiary/aromatic N) is 4. The molecule has 0 fully saturated rings. The Morgan fingerprint density at radius 3 is 2.92 bits per heavy atom. The topological polar surface area (TPSA) is 126 Å². The Balaban J connectivity index is 1.94. The first-order valence-electron chi connectivity index (χ1n) is 8.06. The van der Waals surface area contributed by atoms with Gasteiger partial charge < -0.3 is 9.52 Å². The predicted molar refractivity (Wildman–Crippen MR) is 91.9 cm³/mol. The quantitative estimate of drug-likeness (QED) is 0.348. The minimum absolute atomic E-state index is 0.0636. The second kappa shape index (κ2) is 7.46. The fraction of sp³-hybridized carbons (Fsp3) is 0.294. The number of nitrogens with one attached hydrogen (secondary N) is 1. The Bertz CT molecular complexity index is 944. The number of oxazole rings is 1. The summed E-state index contributed by atoms with van der Waals surface area (Å²) in [7, 11) is 0. The van der Waals surface area contributed by atoms with E-state index in [1.807, 2.05) is 13.8 Å². The summed E-state index contributed by atoms with van der Waals surface area (Å²) < 4.78 is 7.50. The lowest BCUT2D eigenvalue weighted by Crippen LogP contribution is -2.17. The lowest BCUT2D eigenvalue weighted by atomic mass is 10.0. The summed E-state index contributed by atoms with van der Waals surface area (Å²) in [5.74, 6) is -0.0585. The van der Waals surface area contributed by atoms with E-state index in [9.17, 15) is 9.90 Å². The summed E-state index contributed by atoms with van der Waals surface area (Å²) in [5, 5.41) is 25.9. The van der Waals surface area contributed by atoms with Crippen molar-refractivity contribution in [1.82, 2.24) is 25.5 Å². The average molecular weight is 357 g/mol. The molecule has 0 saturated carbocycles. The number of carbonyl (C=O) groups excluding carboxylic acids is 1. The van der Waals surface area contributed by atoms with Gasteiger partial charge in [-0.05, 0) is 29.7 Å². The molecule has 0 bridgehead atoms. The van der Waals surface area contributed by atoms with Crippen LogP contribution in [0.15, 0.2) is 34.9 Å². The molecule has 3 N–H and O–H groups in total. The highest BCUT2D eigenvalue weighted by Crippen LogP contribution is 2.28. The molecule has 1 amide bonds. The molecule has 0 aliphatic heterocycles. The number of hydroxylamine groups is 1. The van der Waals surface area contributed by atoms with Crippen LogP contribution in [-0.2, 0) is 11.4 Å². The molecule has 9 heteroatoms. The van der Waals surface area contributed by atoms with Crippen molar-refractivity contribution in [1.29, 1.82) is 0 Å². The summed E-state index contributed by atoms with van der Waals surface area (Å²) in [4.78, 5) is 15.6. The number of hydrogen-bond donors (Lipinski definition) is 3. The van der Waals surface area contributed by atoms with Crippen LogP contribution in [0, 0.1) is 5.92 Å². The number of benzene rings is 1. The maximum atomic E-state index is 11.1. The van der Waals surface area contributed by atoms with Crippen molar-refractivity contribution in [2.24, 2.45) is 5.92 Å². The largest absolute Gasteiger partial charge is 0.438 e. The second-order valence-corrected chi connectivity index (χ2v) is 6.13. The number of aliphatic hydroxyl groups is 1. The van der Waals surface area contributed by atoms with Gasteiger partial charge in [0.2, 0.25) is 5.89 Å². The van der Waals surface area contributed by atoms with Crippen molar-refractivity contribution in [3.8, 4) is 0 Å². The fourth-order valence-electron chi connectivity index (χ4n) is 2.62. The molecule has 1 unspecified atom stereocenters. The van der Waals surface area contributed by atoms with Gasteiger partial charge in [-0.3, -0.25) is 10.0 Å². The molecule has 0 aliphatic rings. The molecule has 1 aromatic carbocycles. The van der Waals surface area contributed by atoms with E-state index in [1.165, 1.54) is 11.6 Å². The van der Waals surface area contributed by atoms with Crippen molar-refractivity contribution in [3.63, 3.8) is 0 Å². The summed E-state index contributed by atoms with van der Waals surface area (Å²) in [6.07, 6.45) is 4.25. The molecule has 26 heavy (non-hydrogen) atoms. The summed E-state index contributed by atoms with van der Waals surface area (Å²) >= 11 is 0. The van der Waals surface area contributed by atoms with Gasteiger partial charge in [0.05, 0.1) is 12.8 Å². The van der Waals surface area contributed by atoms with E-state index < -0.39 is 5.91 Å². The van der Waals surface area contributed by atoms with Crippen molar-refractivity contribution in [2.45, 2.75) is 26.5 Å². The van der Waals surface area contributed by atoms with Crippen LogP contribution in [0.5, 0.6) is 0 Å². The van der Waals surface area contributed by atoms with Gasteiger partial charge in [0, 0.05) is 6.08 Å². The SMILES string of the molecule is CC(C)C(c1nc2cc(CO)ccc2o1)n1cc(C=CC(=O)NO)nn1.